The number of rotatable bonds is 9. The molecule has 0 bridgehead atoms. The standard InChI is InChI=1S/C13H23BrN4O/c1-4-7-15-12-11(14)13(17-10-16-12)18(5-2)8-9-19-6-3/h10H,4-9H2,1-3H3,(H,15,16,17). The molecule has 0 aliphatic carbocycles. The fourth-order valence-corrected chi connectivity index (χ4v) is 2.28. The van der Waals surface area contributed by atoms with Crippen LogP contribution < -0.4 is 10.2 Å². The van der Waals surface area contributed by atoms with Crippen molar-refractivity contribution in [2.24, 2.45) is 0 Å². The monoisotopic (exact) mass is 330 g/mol. The van der Waals surface area contributed by atoms with Crippen molar-refractivity contribution < 1.29 is 4.74 Å². The maximum atomic E-state index is 5.41. The molecule has 0 atom stereocenters. The number of hydrogen-bond donors (Lipinski definition) is 1. The first-order valence-electron chi connectivity index (χ1n) is 6.81. The number of anilines is 2. The van der Waals surface area contributed by atoms with E-state index >= 15 is 0 Å². The Morgan fingerprint density at radius 2 is 2.11 bits per heavy atom. The van der Waals surface area contributed by atoms with Gasteiger partial charge < -0.3 is 15.0 Å². The van der Waals surface area contributed by atoms with Crippen LogP contribution in [0, 0.1) is 0 Å². The highest BCUT2D eigenvalue weighted by Crippen LogP contribution is 2.29. The molecule has 1 heterocycles. The smallest absolute Gasteiger partial charge is 0.148 e. The van der Waals surface area contributed by atoms with Gasteiger partial charge in [0.25, 0.3) is 0 Å². The van der Waals surface area contributed by atoms with Crippen LogP contribution in [0.25, 0.3) is 0 Å². The molecule has 1 aromatic rings. The van der Waals surface area contributed by atoms with E-state index in [1.54, 1.807) is 6.33 Å². The van der Waals surface area contributed by atoms with Crippen LogP contribution in [0.2, 0.25) is 0 Å². The maximum Gasteiger partial charge on any atom is 0.148 e. The lowest BCUT2D eigenvalue weighted by Crippen LogP contribution is -2.28. The lowest BCUT2D eigenvalue weighted by molar-refractivity contribution is 0.154. The minimum atomic E-state index is 0.707. The summed E-state index contributed by atoms with van der Waals surface area (Å²) in [6, 6.07) is 0. The van der Waals surface area contributed by atoms with Crippen LogP contribution in [0.15, 0.2) is 10.8 Å². The average molecular weight is 331 g/mol. The molecule has 6 heteroatoms. The molecule has 1 aromatic heterocycles. The van der Waals surface area contributed by atoms with E-state index in [-0.39, 0.29) is 0 Å². The molecule has 0 unspecified atom stereocenters. The fraction of sp³-hybridized carbons (Fsp3) is 0.692. The second-order valence-electron chi connectivity index (χ2n) is 4.06. The normalized spacial score (nSPS) is 10.5. The predicted molar refractivity (Wildman–Crippen MR) is 82.9 cm³/mol. The topological polar surface area (TPSA) is 50.3 Å². The zero-order valence-corrected chi connectivity index (χ0v) is 13.5. The number of halogens is 1. The van der Waals surface area contributed by atoms with Crippen molar-refractivity contribution in [3.05, 3.63) is 10.8 Å². The van der Waals surface area contributed by atoms with Gasteiger partial charge in [-0.2, -0.15) is 0 Å². The highest BCUT2D eigenvalue weighted by atomic mass is 79.9. The minimum absolute atomic E-state index is 0.707. The van der Waals surface area contributed by atoms with Crippen LogP contribution in [-0.2, 0) is 4.74 Å². The van der Waals surface area contributed by atoms with Crippen LogP contribution in [0.4, 0.5) is 11.6 Å². The molecule has 0 saturated carbocycles. The number of nitrogens with one attached hydrogen (secondary N) is 1. The quantitative estimate of drug-likeness (QED) is 0.705. The molecule has 1 rings (SSSR count). The van der Waals surface area contributed by atoms with Crippen molar-refractivity contribution in [3.63, 3.8) is 0 Å². The number of hydrogen-bond acceptors (Lipinski definition) is 5. The first kappa shape index (κ1) is 16.2. The van der Waals surface area contributed by atoms with Crippen molar-refractivity contribution in [2.75, 3.05) is 43.1 Å². The summed E-state index contributed by atoms with van der Waals surface area (Å²) in [5, 5.41) is 3.29. The second-order valence-corrected chi connectivity index (χ2v) is 4.86. The van der Waals surface area contributed by atoms with E-state index < -0.39 is 0 Å². The Morgan fingerprint density at radius 1 is 1.32 bits per heavy atom. The number of ether oxygens (including phenoxy) is 1. The first-order chi connectivity index (χ1) is 9.24. The average Bonchev–Trinajstić information content (AvgIpc) is 2.43. The van der Waals surface area contributed by atoms with E-state index in [0.717, 1.165) is 48.8 Å². The van der Waals surface area contributed by atoms with Crippen LogP contribution in [0.3, 0.4) is 0 Å². The Balaban J connectivity index is 2.78. The first-order valence-corrected chi connectivity index (χ1v) is 7.60. The molecule has 108 valence electrons. The van der Waals surface area contributed by atoms with Crippen molar-refractivity contribution in [1.29, 1.82) is 0 Å². The Hall–Kier alpha value is -0.880. The highest BCUT2D eigenvalue weighted by molar-refractivity contribution is 9.10. The summed E-state index contributed by atoms with van der Waals surface area (Å²) >= 11 is 3.59. The van der Waals surface area contributed by atoms with Crippen molar-refractivity contribution in [1.82, 2.24) is 9.97 Å². The molecule has 19 heavy (non-hydrogen) atoms. The van der Waals surface area contributed by atoms with Gasteiger partial charge in [-0.05, 0) is 36.2 Å². The Bertz CT molecular complexity index is 376. The molecule has 1 N–H and O–H groups in total. The van der Waals surface area contributed by atoms with Gasteiger partial charge in [-0.25, -0.2) is 9.97 Å². The van der Waals surface area contributed by atoms with Gasteiger partial charge in [0.15, 0.2) is 0 Å². The molecule has 5 nitrogen and oxygen atoms in total. The largest absolute Gasteiger partial charge is 0.380 e. The van der Waals surface area contributed by atoms with Crippen LogP contribution >= 0.6 is 15.9 Å². The Labute approximate surface area is 123 Å². The minimum Gasteiger partial charge on any atom is -0.380 e. The summed E-state index contributed by atoms with van der Waals surface area (Å²) < 4.78 is 6.32. The van der Waals surface area contributed by atoms with E-state index in [1.807, 2.05) is 6.92 Å². The zero-order valence-electron chi connectivity index (χ0n) is 11.9. The second kappa shape index (κ2) is 9.09. The number of nitrogens with zero attached hydrogens (tertiary/aromatic N) is 3. The van der Waals surface area contributed by atoms with E-state index in [2.05, 4.69) is 50.0 Å². The van der Waals surface area contributed by atoms with Crippen LogP contribution in [0.5, 0.6) is 0 Å². The lowest BCUT2D eigenvalue weighted by Gasteiger charge is -2.23. The van der Waals surface area contributed by atoms with Gasteiger partial charge in [0.2, 0.25) is 0 Å². The summed E-state index contributed by atoms with van der Waals surface area (Å²) in [4.78, 5) is 10.8. The summed E-state index contributed by atoms with van der Waals surface area (Å²) in [5.74, 6) is 1.76. The third-order valence-corrected chi connectivity index (χ3v) is 3.43. The molecule has 0 spiro atoms. The lowest BCUT2D eigenvalue weighted by atomic mass is 10.4. The van der Waals surface area contributed by atoms with Crippen LogP contribution in [0.1, 0.15) is 27.2 Å². The molecular formula is C13H23BrN4O. The van der Waals surface area contributed by atoms with Gasteiger partial charge in [0.05, 0.1) is 6.61 Å². The van der Waals surface area contributed by atoms with Gasteiger partial charge in [-0.15, -0.1) is 0 Å². The third-order valence-electron chi connectivity index (χ3n) is 2.70. The molecule has 0 aliphatic rings. The summed E-state index contributed by atoms with van der Waals surface area (Å²) in [6.45, 7) is 10.3. The highest BCUT2D eigenvalue weighted by Gasteiger charge is 2.13. The molecule has 0 radical (unpaired) electrons. The molecule has 0 aliphatic heterocycles. The van der Waals surface area contributed by atoms with E-state index in [1.165, 1.54) is 0 Å². The van der Waals surface area contributed by atoms with Crippen LogP contribution in [-0.4, -0.2) is 42.8 Å². The van der Waals surface area contributed by atoms with Gasteiger partial charge in [0.1, 0.15) is 22.4 Å². The SMILES string of the molecule is CCCNc1ncnc(N(CC)CCOCC)c1Br. The Kier molecular flexibility index (Phi) is 7.74. The van der Waals surface area contributed by atoms with Gasteiger partial charge >= 0.3 is 0 Å². The van der Waals surface area contributed by atoms with Crippen molar-refractivity contribution >= 4 is 27.6 Å². The Morgan fingerprint density at radius 3 is 2.74 bits per heavy atom. The summed E-state index contributed by atoms with van der Waals surface area (Å²) in [5.41, 5.74) is 0. The van der Waals surface area contributed by atoms with Gasteiger partial charge in [-0.1, -0.05) is 6.92 Å². The summed E-state index contributed by atoms with van der Waals surface area (Å²) in [6.07, 6.45) is 2.66. The van der Waals surface area contributed by atoms with E-state index in [9.17, 15) is 0 Å². The molecule has 0 aromatic carbocycles. The van der Waals surface area contributed by atoms with Gasteiger partial charge in [-0.3, -0.25) is 0 Å². The number of aromatic nitrogens is 2. The maximum absolute atomic E-state index is 5.41. The summed E-state index contributed by atoms with van der Waals surface area (Å²) in [7, 11) is 0. The molecule has 0 saturated heterocycles. The van der Waals surface area contributed by atoms with E-state index in [0.29, 0.717) is 6.61 Å². The van der Waals surface area contributed by atoms with Crippen molar-refractivity contribution in [2.45, 2.75) is 27.2 Å². The van der Waals surface area contributed by atoms with Gasteiger partial charge in [0, 0.05) is 26.2 Å². The predicted octanol–water partition coefficient (Wildman–Crippen LogP) is 2.92. The van der Waals surface area contributed by atoms with Crippen molar-refractivity contribution in [3.8, 4) is 0 Å². The molecule has 0 fully saturated rings. The third kappa shape index (κ3) is 4.95. The molecule has 0 amide bonds. The number of likely N-dealkylation sites (N-methyl/N-ethyl adjacent to an activating group) is 1. The molecular weight excluding hydrogens is 308 g/mol. The van der Waals surface area contributed by atoms with E-state index in [4.69, 9.17) is 4.74 Å². The zero-order chi connectivity index (χ0) is 14.1. The fourth-order valence-electron chi connectivity index (χ4n) is 1.68.